The Morgan fingerprint density at radius 2 is 1.84 bits per heavy atom. The second kappa shape index (κ2) is 6.47. The van der Waals surface area contributed by atoms with Crippen LogP contribution in [0.2, 0.25) is 0 Å². The maximum atomic E-state index is 11.8. The maximum absolute atomic E-state index is 11.8. The summed E-state index contributed by atoms with van der Waals surface area (Å²) in [6.07, 6.45) is 0. The van der Waals surface area contributed by atoms with Crippen molar-refractivity contribution in [2.24, 2.45) is 0 Å². The number of nitrogens with one attached hydrogen (secondary N) is 1. The van der Waals surface area contributed by atoms with Gasteiger partial charge in [0.2, 0.25) is 5.91 Å². The molecule has 0 aromatic heterocycles. The Morgan fingerprint density at radius 3 is 2.37 bits per heavy atom. The summed E-state index contributed by atoms with van der Waals surface area (Å²) in [7, 11) is -1.76. The first-order valence-electron chi connectivity index (χ1n) is 5.76. The quantitative estimate of drug-likeness (QED) is 0.813. The molecular weight excluding hydrogens is 266 g/mol. The number of carboxylic acid groups (broad SMARTS) is 1. The zero-order valence-electron chi connectivity index (χ0n) is 10.9. The minimum atomic E-state index is -1.76. The molecule has 1 aromatic carbocycles. The van der Waals surface area contributed by atoms with Gasteiger partial charge in [-0.05, 0) is 19.4 Å². The summed E-state index contributed by atoms with van der Waals surface area (Å²) >= 11 is 0. The summed E-state index contributed by atoms with van der Waals surface area (Å²) in [5, 5.41) is 11.5. The second-order valence-corrected chi connectivity index (χ2v) is 6.57. The van der Waals surface area contributed by atoms with Crippen LogP contribution in [0.25, 0.3) is 0 Å². The van der Waals surface area contributed by atoms with Crippen molar-refractivity contribution in [2.45, 2.75) is 25.1 Å². The molecule has 1 rings (SSSR count). The van der Waals surface area contributed by atoms with E-state index in [0.717, 1.165) is 5.56 Å². The van der Waals surface area contributed by atoms with Crippen LogP contribution < -0.4 is 5.32 Å². The smallest absolute Gasteiger partial charge is 0.321 e. The third kappa shape index (κ3) is 4.48. The first kappa shape index (κ1) is 15.4. The molecule has 0 aliphatic carbocycles. The van der Waals surface area contributed by atoms with E-state index in [0.29, 0.717) is 6.54 Å². The molecule has 1 amide bonds. The van der Waals surface area contributed by atoms with Crippen molar-refractivity contribution in [3.63, 3.8) is 0 Å². The van der Waals surface area contributed by atoms with Crippen molar-refractivity contribution in [1.82, 2.24) is 5.32 Å². The molecule has 0 aliphatic heterocycles. The van der Waals surface area contributed by atoms with Gasteiger partial charge in [0.05, 0.1) is 0 Å². The molecule has 5 nitrogen and oxygen atoms in total. The number of aliphatic carboxylic acids is 1. The summed E-state index contributed by atoms with van der Waals surface area (Å²) in [5.74, 6) is -1.91. The first-order chi connectivity index (χ1) is 8.84. The van der Waals surface area contributed by atoms with Gasteiger partial charge in [0, 0.05) is 17.3 Å². The van der Waals surface area contributed by atoms with E-state index in [1.807, 2.05) is 30.3 Å². The van der Waals surface area contributed by atoms with Gasteiger partial charge in [-0.3, -0.25) is 13.8 Å². The maximum Gasteiger partial charge on any atom is 0.321 e. The van der Waals surface area contributed by atoms with Crippen LogP contribution in [0, 0.1) is 0 Å². The van der Waals surface area contributed by atoms with Gasteiger partial charge < -0.3 is 10.4 Å². The van der Waals surface area contributed by atoms with Gasteiger partial charge in [0.15, 0.2) is 0 Å². The predicted octanol–water partition coefficient (Wildman–Crippen LogP) is 0.915. The van der Waals surface area contributed by atoms with Crippen LogP contribution in [0.1, 0.15) is 19.4 Å². The summed E-state index contributed by atoms with van der Waals surface area (Å²) in [6, 6.07) is 9.30. The molecule has 0 saturated carbocycles. The average molecular weight is 283 g/mol. The van der Waals surface area contributed by atoms with E-state index < -0.39 is 27.4 Å². The van der Waals surface area contributed by atoms with Crippen molar-refractivity contribution < 1.29 is 18.9 Å². The number of hydrogen-bond donors (Lipinski definition) is 2. The fourth-order valence-electron chi connectivity index (χ4n) is 1.24. The molecule has 0 heterocycles. The van der Waals surface area contributed by atoms with E-state index in [1.165, 1.54) is 13.8 Å². The Morgan fingerprint density at radius 1 is 1.26 bits per heavy atom. The molecule has 19 heavy (non-hydrogen) atoms. The fourth-order valence-corrected chi connectivity index (χ4v) is 2.14. The highest BCUT2D eigenvalue weighted by molar-refractivity contribution is 7.87. The number of hydrogen-bond acceptors (Lipinski definition) is 3. The van der Waals surface area contributed by atoms with Crippen molar-refractivity contribution in [3.8, 4) is 0 Å². The van der Waals surface area contributed by atoms with E-state index >= 15 is 0 Å². The molecule has 0 bridgehead atoms. The average Bonchev–Trinajstić information content (AvgIpc) is 2.37. The lowest BCUT2D eigenvalue weighted by Gasteiger charge is -2.18. The van der Waals surface area contributed by atoms with Gasteiger partial charge in [-0.25, -0.2) is 0 Å². The number of carbonyl (C=O) groups excluding carboxylic acids is 1. The largest absolute Gasteiger partial charge is 0.480 e. The van der Waals surface area contributed by atoms with Crippen LogP contribution >= 0.6 is 0 Å². The monoisotopic (exact) mass is 283 g/mol. The van der Waals surface area contributed by atoms with Gasteiger partial charge in [0.25, 0.3) is 0 Å². The Kier molecular flexibility index (Phi) is 5.23. The van der Waals surface area contributed by atoms with Crippen molar-refractivity contribution in [2.75, 3.05) is 5.75 Å². The number of amides is 1. The summed E-state index contributed by atoms with van der Waals surface area (Å²) in [5.41, 5.74) is 0.930. The van der Waals surface area contributed by atoms with Gasteiger partial charge in [-0.2, -0.15) is 0 Å². The minimum absolute atomic E-state index is 0.313. The zero-order chi connectivity index (χ0) is 14.5. The van der Waals surface area contributed by atoms with E-state index in [1.54, 1.807) is 0 Å². The van der Waals surface area contributed by atoms with E-state index in [2.05, 4.69) is 5.32 Å². The van der Waals surface area contributed by atoms with Crippen molar-refractivity contribution in [1.29, 1.82) is 0 Å². The molecule has 0 saturated heterocycles. The van der Waals surface area contributed by atoms with Gasteiger partial charge in [0.1, 0.15) is 10.5 Å². The Labute approximate surface area is 114 Å². The number of carboxylic acids is 1. The minimum Gasteiger partial charge on any atom is -0.480 e. The van der Waals surface area contributed by atoms with Crippen LogP contribution in [0.3, 0.4) is 0 Å². The lowest BCUT2D eigenvalue weighted by atomic mass is 10.2. The summed E-state index contributed by atoms with van der Waals surface area (Å²) < 4.78 is 10.4. The lowest BCUT2D eigenvalue weighted by molar-refractivity contribution is -0.139. The van der Waals surface area contributed by atoms with Crippen LogP contribution in [0.4, 0.5) is 0 Å². The third-order valence-electron chi connectivity index (χ3n) is 2.68. The molecule has 104 valence electrons. The highest BCUT2D eigenvalue weighted by Crippen LogP contribution is 2.13. The first-order valence-corrected chi connectivity index (χ1v) is 7.08. The zero-order valence-corrected chi connectivity index (χ0v) is 11.7. The summed E-state index contributed by atoms with van der Waals surface area (Å²) in [4.78, 5) is 22.5. The Bertz CT molecular complexity index is 485. The number of rotatable bonds is 6. The van der Waals surface area contributed by atoms with Crippen molar-refractivity contribution in [3.05, 3.63) is 35.9 Å². The molecule has 0 spiro atoms. The highest BCUT2D eigenvalue weighted by Gasteiger charge is 2.35. The molecule has 2 N–H and O–H groups in total. The van der Waals surface area contributed by atoms with E-state index in [-0.39, 0.29) is 5.75 Å². The van der Waals surface area contributed by atoms with E-state index in [9.17, 15) is 13.8 Å². The summed E-state index contributed by atoms with van der Waals surface area (Å²) in [6.45, 7) is 3.02. The number of carbonyl (C=O) groups is 2. The molecule has 0 radical (unpaired) electrons. The Hall–Kier alpha value is -1.69. The van der Waals surface area contributed by atoms with Gasteiger partial charge in [-0.1, -0.05) is 30.3 Å². The highest BCUT2D eigenvalue weighted by atomic mass is 32.2. The predicted molar refractivity (Wildman–Crippen MR) is 73.0 cm³/mol. The van der Waals surface area contributed by atoms with Crippen LogP contribution in [-0.2, 0) is 26.9 Å². The molecule has 0 aliphatic rings. The van der Waals surface area contributed by atoms with Gasteiger partial charge >= 0.3 is 5.97 Å². The van der Waals surface area contributed by atoms with Crippen LogP contribution in [-0.4, -0.2) is 31.7 Å². The molecule has 1 atom stereocenters. The lowest BCUT2D eigenvalue weighted by Crippen LogP contribution is -2.41. The fraction of sp³-hybridized carbons (Fsp3) is 0.385. The van der Waals surface area contributed by atoms with E-state index in [4.69, 9.17) is 5.11 Å². The molecule has 6 heteroatoms. The topological polar surface area (TPSA) is 83.5 Å². The second-order valence-electron chi connectivity index (χ2n) is 4.57. The third-order valence-corrected chi connectivity index (χ3v) is 4.52. The molecular formula is C13H17NO4S. The number of benzene rings is 1. The molecule has 1 aromatic rings. The molecule has 1 unspecified atom stereocenters. The molecule has 0 fully saturated rings. The standard InChI is InChI=1S/C13H17NO4S/c1-13(2,12(16)17)19(18)9-11(15)14-8-10-6-4-3-5-7-10/h3-7H,8-9H2,1-2H3,(H,14,15)(H,16,17). The van der Waals surface area contributed by atoms with Gasteiger partial charge in [-0.15, -0.1) is 0 Å². The Balaban J connectivity index is 2.48. The van der Waals surface area contributed by atoms with Crippen LogP contribution in [0.15, 0.2) is 30.3 Å². The van der Waals surface area contributed by atoms with Crippen LogP contribution in [0.5, 0.6) is 0 Å². The van der Waals surface area contributed by atoms with Crippen molar-refractivity contribution >= 4 is 22.7 Å². The normalized spacial score (nSPS) is 12.7. The SMILES string of the molecule is CC(C)(C(=O)O)S(=O)CC(=O)NCc1ccccc1.